The van der Waals surface area contributed by atoms with E-state index in [9.17, 15) is 9.59 Å². The zero-order chi connectivity index (χ0) is 19.8. The number of likely N-dealkylation sites (tertiary alicyclic amines) is 1. The maximum Gasteiger partial charge on any atom is 0.317 e. The van der Waals surface area contributed by atoms with Crippen LogP contribution in [0.1, 0.15) is 18.4 Å². The van der Waals surface area contributed by atoms with E-state index in [1.165, 1.54) is 0 Å². The van der Waals surface area contributed by atoms with Gasteiger partial charge in [-0.05, 0) is 13.0 Å². The molecule has 3 amide bonds. The van der Waals surface area contributed by atoms with Crippen LogP contribution < -0.4 is 20.1 Å². The summed E-state index contributed by atoms with van der Waals surface area (Å²) in [4.78, 5) is 26.8. The Hall–Kier alpha value is -2.48. The van der Waals surface area contributed by atoms with Gasteiger partial charge in [0.15, 0.2) is 0 Å². The lowest BCUT2D eigenvalue weighted by Gasteiger charge is -2.21. The van der Waals surface area contributed by atoms with Crippen LogP contribution in [-0.4, -0.2) is 71.0 Å². The van der Waals surface area contributed by atoms with E-state index in [4.69, 9.17) is 14.2 Å². The predicted molar refractivity (Wildman–Crippen MR) is 101 cm³/mol. The molecule has 0 spiro atoms. The highest BCUT2D eigenvalue weighted by atomic mass is 16.5. The summed E-state index contributed by atoms with van der Waals surface area (Å²) in [5.41, 5.74) is 0.886. The molecule has 1 aliphatic rings. The highest BCUT2D eigenvalue weighted by molar-refractivity contribution is 5.83. The molecule has 0 saturated carbocycles. The van der Waals surface area contributed by atoms with Gasteiger partial charge in [0.1, 0.15) is 11.5 Å². The Balaban J connectivity index is 2.28. The van der Waals surface area contributed by atoms with Gasteiger partial charge in [0.2, 0.25) is 5.91 Å². The van der Waals surface area contributed by atoms with E-state index in [0.717, 1.165) is 5.56 Å². The van der Waals surface area contributed by atoms with Gasteiger partial charge in [0.25, 0.3) is 0 Å². The van der Waals surface area contributed by atoms with Crippen molar-refractivity contribution in [2.45, 2.75) is 12.8 Å². The third-order valence-electron chi connectivity index (χ3n) is 4.72. The summed E-state index contributed by atoms with van der Waals surface area (Å²) in [6.07, 6.45) is 0. The van der Waals surface area contributed by atoms with Gasteiger partial charge in [-0.1, -0.05) is 6.07 Å². The normalized spacial score (nSPS) is 18.9. The Morgan fingerprint density at radius 3 is 2.56 bits per heavy atom. The summed E-state index contributed by atoms with van der Waals surface area (Å²) >= 11 is 0. The number of hydrogen-bond donors (Lipinski definition) is 2. The molecule has 0 aliphatic carbocycles. The number of amides is 3. The van der Waals surface area contributed by atoms with E-state index in [0.29, 0.717) is 44.3 Å². The van der Waals surface area contributed by atoms with Crippen molar-refractivity contribution in [3.8, 4) is 11.5 Å². The van der Waals surface area contributed by atoms with Gasteiger partial charge >= 0.3 is 6.03 Å². The summed E-state index contributed by atoms with van der Waals surface area (Å²) in [6, 6.07) is 5.37. The molecule has 8 heteroatoms. The van der Waals surface area contributed by atoms with Crippen molar-refractivity contribution in [1.82, 2.24) is 15.5 Å². The van der Waals surface area contributed by atoms with E-state index < -0.39 is 0 Å². The van der Waals surface area contributed by atoms with Crippen molar-refractivity contribution in [3.63, 3.8) is 0 Å². The minimum atomic E-state index is -0.369. The van der Waals surface area contributed by atoms with Gasteiger partial charge in [-0.2, -0.15) is 0 Å². The van der Waals surface area contributed by atoms with Gasteiger partial charge in [-0.3, -0.25) is 4.79 Å². The fourth-order valence-electron chi connectivity index (χ4n) is 3.35. The molecule has 0 radical (unpaired) electrons. The molecule has 2 rings (SSSR count). The molecule has 1 saturated heterocycles. The standard InChI is InChI=1S/C19H29N3O5/c1-5-20-19(24)22-11-15(16(12-22)18(23)21-8-9-25-2)14-7-6-13(26-3)10-17(14)27-4/h6-7,10,15-16H,5,8-9,11-12H2,1-4H3,(H,20,24)(H,21,23). The third kappa shape index (κ3) is 5.03. The van der Waals surface area contributed by atoms with Gasteiger partial charge in [0.05, 0.1) is 26.7 Å². The Morgan fingerprint density at radius 2 is 1.93 bits per heavy atom. The quantitative estimate of drug-likeness (QED) is 0.663. The van der Waals surface area contributed by atoms with Crippen LogP contribution in [0.15, 0.2) is 18.2 Å². The molecule has 2 N–H and O–H groups in total. The molecule has 1 heterocycles. The number of rotatable bonds is 8. The summed E-state index contributed by atoms with van der Waals surface area (Å²) in [6.45, 7) is 4.07. The van der Waals surface area contributed by atoms with E-state index in [-0.39, 0.29) is 23.8 Å². The van der Waals surface area contributed by atoms with Crippen molar-refractivity contribution < 1.29 is 23.8 Å². The minimum Gasteiger partial charge on any atom is -0.497 e. The van der Waals surface area contributed by atoms with Crippen molar-refractivity contribution in [1.29, 1.82) is 0 Å². The number of hydrogen-bond acceptors (Lipinski definition) is 5. The van der Waals surface area contributed by atoms with E-state index in [1.54, 1.807) is 32.3 Å². The van der Waals surface area contributed by atoms with Crippen LogP contribution >= 0.6 is 0 Å². The van der Waals surface area contributed by atoms with Crippen molar-refractivity contribution in [2.75, 3.05) is 54.1 Å². The van der Waals surface area contributed by atoms with Crippen LogP contribution in [0.3, 0.4) is 0 Å². The number of nitrogens with one attached hydrogen (secondary N) is 2. The number of carbonyl (C=O) groups is 2. The van der Waals surface area contributed by atoms with E-state index in [2.05, 4.69) is 10.6 Å². The van der Waals surface area contributed by atoms with Crippen LogP contribution in [-0.2, 0) is 9.53 Å². The smallest absolute Gasteiger partial charge is 0.317 e. The number of urea groups is 1. The van der Waals surface area contributed by atoms with Crippen molar-refractivity contribution in [3.05, 3.63) is 23.8 Å². The van der Waals surface area contributed by atoms with Crippen molar-refractivity contribution >= 4 is 11.9 Å². The van der Waals surface area contributed by atoms with Crippen LogP contribution in [0, 0.1) is 5.92 Å². The Morgan fingerprint density at radius 1 is 1.15 bits per heavy atom. The Kier molecular flexibility index (Phi) is 7.72. The molecule has 0 bridgehead atoms. The molecule has 2 atom stereocenters. The second-order valence-corrected chi connectivity index (χ2v) is 6.35. The zero-order valence-corrected chi connectivity index (χ0v) is 16.4. The topological polar surface area (TPSA) is 89.1 Å². The van der Waals surface area contributed by atoms with Crippen LogP contribution in [0.4, 0.5) is 4.79 Å². The number of methoxy groups -OCH3 is 3. The molecule has 1 aromatic carbocycles. The molecule has 0 aromatic heterocycles. The highest BCUT2D eigenvalue weighted by Gasteiger charge is 2.41. The van der Waals surface area contributed by atoms with Gasteiger partial charge in [-0.15, -0.1) is 0 Å². The largest absolute Gasteiger partial charge is 0.497 e. The van der Waals surface area contributed by atoms with E-state index in [1.807, 2.05) is 19.1 Å². The fourth-order valence-corrected chi connectivity index (χ4v) is 3.35. The molecular formula is C19H29N3O5. The molecule has 1 fully saturated rings. The first-order valence-electron chi connectivity index (χ1n) is 9.07. The number of benzene rings is 1. The van der Waals surface area contributed by atoms with Crippen LogP contribution in [0.2, 0.25) is 0 Å². The number of carbonyl (C=O) groups excluding carboxylic acids is 2. The second-order valence-electron chi connectivity index (χ2n) is 6.35. The lowest BCUT2D eigenvalue weighted by Crippen LogP contribution is -2.40. The maximum atomic E-state index is 12.8. The van der Waals surface area contributed by atoms with Gasteiger partial charge in [0, 0.05) is 50.8 Å². The van der Waals surface area contributed by atoms with Crippen LogP contribution in [0.25, 0.3) is 0 Å². The summed E-state index contributed by atoms with van der Waals surface area (Å²) in [5, 5.41) is 5.69. The first-order valence-corrected chi connectivity index (χ1v) is 9.07. The van der Waals surface area contributed by atoms with Gasteiger partial charge in [-0.25, -0.2) is 4.79 Å². The molecule has 150 valence electrons. The molecule has 1 aromatic rings. The molecule has 27 heavy (non-hydrogen) atoms. The maximum absolute atomic E-state index is 12.8. The lowest BCUT2D eigenvalue weighted by atomic mass is 9.87. The van der Waals surface area contributed by atoms with Crippen LogP contribution in [0.5, 0.6) is 11.5 Å². The monoisotopic (exact) mass is 379 g/mol. The summed E-state index contributed by atoms with van der Waals surface area (Å²) < 4.78 is 15.8. The molecule has 8 nitrogen and oxygen atoms in total. The lowest BCUT2D eigenvalue weighted by molar-refractivity contribution is -0.125. The first kappa shape index (κ1) is 20.8. The number of ether oxygens (including phenoxy) is 3. The SMILES string of the molecule is CCNC(=O)N1CC(C(=O)NCCOC)C(c2ccc(OC)cc2OC)C1. The Bertz CT molecular complexity index is 652. The second kappa shape index (κ2) is 10.0. The summed E-state index contributed by atoms with van der Waals surface area (Å²) in [7, 11) is 4.76. The average Bonchev–Trinajstić information content (AvgIpc) is 3.13. The van der Waals surface area contributed by atoms with Crippen molar-refractivity contribution in [2.24, 2.45) is 5.92 Å². The highest BCUT2D eigenvalue weighted by Crippen LogP contribution is 2.39. The average molecular weight is 379 g/mol. The fraction of sp³-hybridized carbons (Fsp3) is 0.579. The summed E-state index contributed by atoms with van der Waals surface area (Å²) in [5.74, 6) is 0.687. The number of nitrogens with zero attached hydrogens (tertiary/aromatic N) is 1. The molecular weight excluding hydrogens is 350 g/mol. The molecule has 2 unspecified atom stereocenters. The van der Waals surface area contributed by atoms with E-state index >= 15 is 0 Å². The predicted octanol–water partition coefficient (Wildman–Crippen LogP) is 1.21. The first-order chi connectivity index (χ1) is 13.0. The third-order valence-corrected chi connectivity index (χ3v) is 4.72. The molecule has 1 aliphatic heterocycles. The van der Waals surface area contributed by atoms with Gasteiger partial charge < -0.3 is 29.7 Å². The minimum absolute atomic E-state index is 0.0956. The zero-order valence-electron chi connectivity index (χ0n) is 16.4. The Labute approximate surface area is 160 Å².